The molecule has 9 heteroatoms. The van der Waals surface area contributed by atoms with Crippen molar-refractivity contribution in [3.8, 4) is 11.8 Å². The molecule has 2 N–H and O–H groups in total. The summed E-state index contributed by atoms with van der Waals surface area (Å²) in [6.45, 7) is 0.236. The lowest BCUT2D eigenvalue weighted by Crippen LogP contribution is -2.26. The Labute approximate surface area is 131 Å². The standard InChI is InChI=1S/C13H13ClN4O4/c1-22-12-6-10(18(20)21)2-3-11(12)17-8-9(7-15)13(19)16-5-4-14/h2-3,6,8,17H,4-5H2,1H3,(H,16,19)/b9-8-. The van der Waals surface area contributed by atoms with Gasteiger partial charge in [0.15, 0.2) is 0 Å². The van der Waals surface area contributed by atoms with Crippen LogP contribution in [0.2, 0.25) is 0 Å². The summed E-state index contributed by atoms with van der Waals surface area (Å²) in [5.41, 5.74) is 0.0863. The van der Waals surface area contributed by atoms with Gasteiger partial charge in [-0.05, 0) is 6.07 Å². The Morgan fingerprint density at radius 2 is 2.32 bits per heavy atom. The maximum atomic E-state index is 11.6. The largest absolute Gasteiger partial charge is 0.494 e. The molecule has 22 heavy (non-hydrogen) atoms. The molecule has 1 aromatic carbocycles. The quantitative estimate of drug-likeness (QED) is 0.259. The van der Waals surface area contributed by atoms with Crippen LogP contribution in [0.3, 0.4) is 0 Å². The van der Waals surface area contributed by atoms with E-state index in [2.05, 4.69) is 10.6 Å². The van der Waals surface area contributed by atoms with Crippen molar-refractivity contribution in [1.29, 1.82) is 5.26 Å². The Hall–Kier alpha value is -2.79. The Bertz CT molecular complexity index is 639. The fourth-order valence-corrected chi connectivity index (χ4v) is 1.56. The van der Waals surface area contributed by atoms with Gasteiger partial charge >= 0.3 is 0 Å². The van der Waals surface area contributed by atoms with Crippen molar-refractivity contribution in [3.05, 3.63) is 40.1 Å². The molecular weight excluding hydrogens is 312 g/mol. The molecule has 116 valence electrons. The summed E-state index contributed by atoms with van der Waals surface area (Å²) in [7, 11) is 1.35. The van der Waals surface area contributed by atoms with E-state index in [4.69, 9.17) is 21.6 Å². The molecule has 0 aromatic heterocycles. The van der Waals surface area contributed by atoms with E-state index in [1.54, 1.807) is 6.07 Å². The summed E-state index contributed by atoms with van der Waals surface area (Å²) < 4.78 is 5.03. The first-order valence-electron chi connectivity index (χ1n) is 6.07. The van der Waals surface area contributed by atoms with Crippen molar-refractivity contribution < 1.29 is 14.5 Å². The Morgan fingerprint density at radius 1 is 1.59 bits per heavy atom. The molecule has 0 aliphatic carbocycles. The molecule has 0 fully saturated rings. The number of amides is 1. The van der Waals surface area contributed by atoms with Crippen molar-refractivity contribution in [2.75, 3.05) is 24.9 Å². The number of nitro benzene ring substituents is 1. The highest BCUT2D eigenvalue weighted by Gasteiger charge is 2.12. The minimum Gasteiger partial charge on any atom is -0.494 e. The predicted octanol–water partition coefficient (Wildman–Crippen LogP) is 1.78. The number of hydrogen-bond donors (Lipinski definition) is 2. The molecule has 0 aliphatic heterocycles. The number of rotatable bonds is 7. The van der Waals surface area contributed by atoms with Crippen LogP contribution >= 0.6 is 11.6 Å². The summed E-state index contributed by atoms with van der Waals surface area (Å²) >= 11 is 5.44. The molecule has 0 unspecified atom stereocenters. The van der Waals surface area contributed by atoms with Gasteiger partial charge in [0.05, 0.1) is 23.8 Å². The fourth-order valence-electron chi connectivity index (χ4n) is 1.47. The average molecular weight is 325 g/mol. The SMILES string of the molecule is COc1cc([N+](=O)[O-])ccc1N/C=C(/C#N)C(=O)NCCCl. The van der Waals surface area contributed by atoms with Crippen LogP contribution in [0.1, 0.15) is 0 Å². The zero-order valence-electron chi connectivity index (χ0n) is 11.6. The van der Waals surface area contributed by atoms with Crippen LogP contribution in [0.5, 0.6) is 5.75 Å². The number of nitrogens with one attached hydrogen (secondary N) is 2. The van der Waals surface area contributed by atoms with Gasteiger partial charge in [-0.3, -0.25) is 14.9 Å². The smallest absolute Gasteiger partial charge is 0.273 e. The maximum Gasteiger partial charge on any atom is 0.273 e. The second-order valence-corrected chi connectivity index (χ2v) is 4.28. The second-order valence-electron chi connectivity index (χ2n) is 3.90. The third-order valence-electron chi connectivity index (χ3n) is 2.51. The van der Waals surface area contributed by atoms with E-state index in [1.165, 1.54) is 31.5 Å². The number of nitrogens with zero attached hydrogens (tertiary/aromatic N) is 2. The van der Waals surface area contributed by atoms with Crippen LogP contribution in [0.4, 0.5) is 11.4 Å². The number of nitriles is 1. The molecule has 0 saturated heterocycles. The predicted molar refractivity (Wildman–Crippen MR) is 80.7 cm³/mol. The van der Waals surface area contributed by atoms with Crippen LogP contribution in [-0.2, 0) is 4.79 Å². The average Bonchev–Trinajstić information content (AvgIpc) is 2.53. The van der Waals surface area contributed by atoms with Crippen molar-refractivity contribution in [2.45, 2.75) is 0 Å². The van der Waals surface area contributed by atoms with E-state index >= 15 is 0 Å². The third-order valence-corrected chi connectivity index (χ3v) is 2.70. The first-order valence-corrected chi connectivity index (χ1v) is 6.60. The number of carbonyl (C=O) groups excluding carboxylic acids is 1. The summed E-state index contributed by atoms with van der Waals surface area (Å²) in [6, 6.07) is 5.67. The molecular formula is C13H13ClN4O4. The Morgan fingerprint density at radius 3 is 2.86 bits per heavy atom. The van der Waals surface area contributed by atoms with Gasteiger partial charge < -0.3 is 15.4 Å². The number of alkyl halides is 1. The number of ether oxygens (including phenoxy) is 1. The van der Waals surface area contributed by atoms with Crippen LogP contribution in [0, 0.1) is 21.4 Å². The van der Waals surface area contributed by atoms with Gasteiger partial charge in [-0.15, -0.1) is 11.6 Å². The van der Waals surface area contributed by atoms with E-state index in [1.807, 2.05) is 0 Å². The highest BCUT2D eigenvalue weighted by molar-refractivity contribution is 6.18. The number of halogens is 1. The summed E-state index contributed by atoms with van der Waals surface area (Å²) in [5.74, 6) is -0.130. The molecule has 1 amide bonds. The first-order chi connectivity index (χ1) is 10.5. The lowest BCUT2D eigenvalue weighted by molar-refractivity contribution is -0.384. The van der Waals surface area contributed by atoms with Gasteiger partial charge in [0.2, 0.25) is 0 Å². The molecule has 8 nitrogen and oxygen atoms in total. The lowest BCUT2D eigenvalue weighted by atomic mass is 10.2. The topological polar surface area (TPSA) is 117 Å². The van der Waals surface area contributed by atoms with Gasteiger partial charge in [-0.1, -0.05) is 0 Å². The molecule has 0 heterocycles. The molecule has 1 rings (SSSR count). The van der Waals surface area contributed by atoms with Crippen molar-refractivity contribution >= 4 is 28.9 Å². The molecule has 0 radical (unpaired) electrons. The Balaban J connectivity index is 2.93. The zero-order valence-corrected chi connectivity index (χ0v) is 12.4. The molecule has 0 atom stereocenters. The number of methoxy groups -OCH3 is 1. The second kappa shape index (κ2) is 8.49. The number of anilines is 1. The van der Waals surface area contributed by atoms with E-state index in [0.717, 1.165) is 0 Å². The monoisotopic (exact) mass is 324 g/mol. The van der Waals surface area contributed by atoms with Gasteiger partial charge in [-0.2, -0.15) is 5.26 Å². The Kier molecular flexibility index (Phi) is 6.66. The molecule has 0 bridgehead atoms. The van der Waals surface area contributed by atoms with E-state index < -0.39 is 10.8 Å². The van der Waals surface area contributed by atoms with Crippen LogP contribution < -0.4 is 15.4 Å². The summed E-state index contributed by atoms with van der Waals surface area (Å²) in [6.07, 6.45) is 1.19. The summed E-state index contributed by atoms with van der Waals surface area (Å²) in [4.78, 5) is 21.8. The molecule has 1 aromatic rings. The minimum absolute atomic E-state index is 0.133. The lowest BCUT2D eigenvalue weighted by Gasteiger charge is -2.08. The van der Waals surface area contributed by atoms with E-state index in [0.29, 0.717) is 5.69 Å². The highest BCUT2D eigenvalue weighted by Crippen LogP contribution is 2.29. The van der Waals surface area contributed by atoms with Crippen molar-refractivity contribution in [1.82, 2.24) is 5.32 Å². The van der Waals surface area contributed by atoms with E-state index in [-0.39, 0.29) is 29.4 Å². The number of hydrogen-bond acceptors (Lipinski definition) is 6. The van der Waals surface area contributed by atoms with Gasteiger partial charge in [0.25, 0.3) is 11.6 Å². The van der Waals surface area contributed by atoms with Crippen LogP contribution in [0.25, 0.3) is 0 Å². The van der Waals surface area contributed by atoms with Crippen molar-refractivity contribution in [3.63, 3.8) is 0 Å². The first kappa shape index (κ1) is 17.3. The number of nitro groups is 1. The zero-order chi connectivity index (χ0) is 16.5. The molecule has 0 spiro atoms. The van der Waals surface area contributed by atoms with Crippen LogP contribution in [-0.4, -0.2) is 30.4 Å². The maximum absolute atomic E-state index is 11.6. The summed E-state index contributed by atoms with van der Waals surface area (Å²) in [5, 5.41) is 24.8. The third kappa shape index (κ3) is 4.64. The van der Waals surface area contributed by atoms with Gasteiger partial charge in [0.1, 0.15) is 17.4 Å². The highest BCUT2D eigenvalue weighted by atomic mass is 35.5. The fraction of sp³-hybridized carbons (Fsp3) is 0.231. The minimum atomic E-state index is -0.573. The normalized spacial score (nSPS) is 10.5. The van der Waals surface area contributed by atoms with Crippen LogP contribution in [0.15, 0.2) is 30.0 Å². The number of carbonyl (C=O) groups is 1. The number of non-ortho nitro benzene ring substituents is 1. The number of benzene rings is 1. The van der Waals surface area contributed by atoms with Gasteiger partial charge in [-0.25, -0.2) is 0 Å². The van der Waals surface area contributed by atoms with Gasteiger partial charge in [0, 0.05) is 24.7 Å². The molecule has 0 aliphatic rings. The van der Waals surface area contributed by atoms with E-state index in [9.17, 15) is 14.9 Å². The van der Waals surface area contributed by atoms with Crippen molar-refractivity contribution in [2.24, 2.45) is 0 Å². The molecule has 0 saturated carbocycles.